The second-order valence-corrected chi connectivity index (χ2v) is 4.55. The number of terminal acetylenes is 1. The van der Waals surface area contributed by atoms with Crippen molar-refractivity contribution in [2.45, 2.75) is 13.0 Å². The van der Waals surface area contributed by atoms with E-state index < -0.39 is 0 Å². The minimum absolute atomic E-state index is 0.0202. The number of ether oxygens (including phenoxy) is 1. The highest BCUT2D eigenvalue weighted by Crippen LogP contribution is 2.06. The van der Waals surface area contributed by atoms with E-state index in [-0.39, 0.29) is 25.0 Å². The molecule has 0 spiro atoms. The number of nitrogens with one attached hydrogen (secondary N) is 1. The topological polar surface area (TPSA) is 58.6 Å². The van der Waals surface area contributed by atoms with Crippen LogP contribution in [0.2, 0.25) is 0 Å². The van der Waals surface area contributed by atoms with Crippen molar-refractivity contribution < 1.29 is 14.6 Å². The van der Waals surface area contributed by atoms with E-state index >= 15 is 0 Å². The van der Waals surface area contributed by atoms with Gasteiger partial charge in [0.15, 0.2) is 0 Å². The van der Waals surface area contributed by atoms with Gasteiger partial charge in [-0.05, 0) is 18.1 Å². The van der Waals surface area contributed by atoms with Crippen LogP contribution in [-0.4, -0.2) is 30.8 Å². The number of rotatable bonds is 9. The Kier molecular flexibility index (Phi) is 8.62. The average molecular weight is 287 g/mol. The van der Waals surface area contributed by atoms with E-state index in [0.717, 1.165) is 5.56 Å². The van der Waals surface area contributed by atoms with Gasteiger partial charge in [0.2, 0.25) is 5.91 Å². The predicted molar refractivity (Wildman–Crippen MR) is 82.3 cm³/mol. The summed E-state index contributed by atoms with van der Waals surface area (Å²) in [7, 11) is 0. The lowest BCUT2D eigenvalue weighted by Gasteiger charge is -2.10. The standard InChI is InChI=1S/C17H21NO3/c1-2-11-18-17(20)9-8-15(13-19)10-12-21-14-16-6-4-3-5-7-16/h1,3-9,15,19H,10-14H2,(H,18,20)/b9-8+/t15-/m0/s1. The molecular formula is C17H21NO3. The van der Waals surface area contributed by atoms with Gasteiger partial charge in [0.1, 0.15) is 0 Å². The number of hydrogen-bond acceptors (Lipinski definition) is 3. The van der Waals surface area contributed by atoms with Crippen LogP contribution in [0, 0.1) is 18.3 Å². The highest BCUT2D eigenvalue weighted by atomic mass is 16.5. The number of hydrogen-bond donors (Lipinski definition) is 2. The lowest BCUT2D eigenvalue weighted by Crippen LogP contribution is -2.21. The van der Waals surface area contributed by atoms with Gasteiger partial charge in [-0.2, -0.15) is 0 Å². The van der Waals surface area contributed by atoms with Crippen LogP contribution in [0.3, 0.4) is 0 Å². The maximum Gasteiger partial charge on any atom is 0.244 e. The van der Waals surface area contributed by atoms with Gasteiger partial charge in [-0.3, -0.25) is 4.79 Å². The van der Waals surface area contributed by atoms with Crippen LogP contribution in [-0.2, 0) is 16.1 Å². The molecule has 4 nitrogen and oxygen atoms in total. The summed E-state index contributed by atoms with van der Waals surface area (Å²) in [6, 6.07) is 9.89. The Labute approximate surface area is 125 Å². The van der Waals surface area contributed by atoms with Gasteiger partial charge < -0.3 is 15.2 Å². The maximum absolute atomic E-state index is 11.3. The molecule has 1 aromatic carbocycles. The fourth-order valence-corrected chi connectivity index (χ4v) is 1.67. The third kappa shape index (κ3) is 7.93. The molecule has 4 heteroatoms. The molecule has 1 amide bonds. The highest BCUT2D eigenvalue weighted by Gasteiger charge is 2.04. The fraction of sp³-hybridized carbons (Fsp3) is 0.353. The largest absolute Gasteiger partial charge is 0.396 e. The molecule has 0 aliphatic rings. The van der Waals surface area contributed by atoms with Crippen molar-refractivity contribution in [1.82, 2.24) is 5.32 Å². The van der Waals surface area contributed by atoms with Crippen molar-refractivity contribution in [3.63, 3.8) is 0 Å². The molecule has 0 radical (unpaired) electrons. The van der Waals surface area contributed by atoms with E-state index in [1.165, 1.54) is 6.08 Å². The van der Waals surface area contributed by atoms with Crippen molar-refractivity contribution in [3.05, 3.63) is 48.0 Å². The molecule has 0 fully saturated rings. The zero-order valence-corrected chi connectivity index (χ0v) is 12.0. The Hall–Kier alpha value is -2.09. The summed E-state index contributed by atoms with van der Waals surface area (Å²) >= 11 is 0. The summed E-state index contributed by atoms with van der Waals surface area (Å²) in [5, 5.41) is 11.8. The van der Waals surface area contributed by atoms with Crippen LogP contribution in [0.25, 0.3) is 0 Å². The van der Waals surface area contributed by atoms with Crippen molar-refractivity contribution in [2.75, 3.05) is 19.8 Å². The molecule has 1 rings (SSSR count). The van der Waals surface area contributed by atoms with E-state index in [0.29, 0.717) is 19.6 Å². The van der Waals surface area contributed by atoms with E-state index in [9.17, 15) is 9.90 Å². The number of aliphatic hydroxyl groups excluding tert-OH is 1. The van der Waals surface area contributed by atoms with Crippen LogP contribution < -0.4 is 5.32 Å². The third-order valence-electron chi connectivity index (χ3n) is 2.86. The Morgan fingerprint density at radius 2 is 2.19 bits per heavy atom. The minimum atomic E-state index is -0.253. The van der Waals surface area contributed by atoms with E-state index in [1.807, 2.05) is 30.3 Å². The first-order valence-corrected chi connectivity index (χ1v) is 6.88. The Bertz CT molecular complexity index is 477. The zero-order valence-electron chi connectivity index (χ0n) is 12.0. The number of carbonyl (C=O) groups is 1. The van der Waals surface area contributed by atoms with Crippen molar-refractivity contribution in [1.29, 1.82) is 0 Å². The summed E-state index contributed by atoms with van der Waals surface area (Å²) in [6.07, 6.45) is 8.77. The molecule has 2 N–H and O–H groups in total. The molecule has 0 aliphatic carbocycles. The predicted octanol–water partition coefficient (Wildman–Crippen LogP) is 1.51. The average Bonchev–Trinajstić information content (AvgIpc) is 2.53. The van der Waals surface area contributed by atoms with Crippen LogP contribution in [0.15, 0.2) is 42.5 Å². The molecule has 0 aromatic heterocycles. The molecule has 0 aliphatic heterocycles. The monoisotopic (exact) mass is 287 g/mol. The fourth-order valence-electron chi connectivity index (χ4n) is 1.67. The van der Waals surface area contributed by atoms with Crippen LogP contribution >= 0.6 is 0 Å². The second kappa shape index (κ2) is 10.7. The molecule has 1 atom stereocenters. The van der Waals surface area contributed by atoms with Gasteiger partial charge in [-0.15, -0.1) is 6.42 Å². The van der Waals surface area contributed by atoms with Gasteiger partial charge in [0.05, 0.1) is 13.2 Å². The lowest BCUT2D eigenvalue weighted by atomic mass is 10.1. The molecule has 0 unspecified atom stereocenters. The molecule has 1 aromatic rings. The zero-order chi connectivity index (χ0) is 15.3. The second-order valence-electron chi connectivity index (χ2n) is 4.55. The lowest BCUT2D eigenvalue weighted by molar-refractivity contribution is -0.116. The summed E-state index contributed by atoms with van der Waals surface area (Å²) in [4.78, 5) is 11.3. The summed E-state index contributed by atoms with van der Waals surface area (Å²) in [5.74, 6) is 1.97. The number of benzene rings is 1. The molecule has 112 valence electrons. The summed E-state index contributed by atoms with van der Waals surface area (Å²) in [6.45, 7) is 1.25. The van der Waals surface area contributed by atoms with Gasteiger partial charge in [-0.1, -0.05) is 42.3 Å². The Morgan fingerprint density at radius 3 is 2.86 bits per heavy atom. The van der Waals surface area contributed by atoms with Gasteiger partial charge in [0.25, 0.3) is 0 Å². The van der Waals surface area contributed by atoms with Crippen LogP contribution in [0.1, 0.15) is 12.0 Å². The smallest absolute Gasteiger partial charge is 0.244 e. The van der Waals surface area contributed by atoms with Crippen LogP contribution in [0.5, 0.6) is 0 Å². The number of aliphatic hydroxyl groups is 1. The minimum Gasteiger partial charge on any atom is -0.396 e. The SMILES string of the molecule is C#CCNC(=O)/C=C/[C@H](CO)CCOCc1ccccc1. The van der Waals surface area contributed by atoms with Crippen molar-refractivity contribution >= 4 is 5.91 Å². The van der Waals surface area contributed by atoms with Gasteiger partial charge >= 0.3 is 0 Å². The van der Waals surface area contributed by atoms with Crippen molar-refractivity contribution in [2.24, 2.45) is 5.92 Å². The maximum atomic E-state index is 11.3. The number of carbonyl (C=O) groups excluding carboxylic acids is 1. The molecule has 0 saturated carbocycles. The highest BCUT2D eigenvalue weighted by molar-refractivity contribution is 5.87. The first kappa shape index (κ1) is 17.0. The normalized spacial score (nSPS) is 12.0. The van der Waals surface area contributed by atoms with Crippen LogP contribution in [0.4, 0.5) is 0 Å². The van der Waals surface area contributed by atoms with Gasteiger partial charge in [0, 0.05) is 19.1 Å². The van der Waals surface area contributed by atoms with E-state index in [1.54, 1.807) is 6.08 Å². The first-order valence-electron chi connectivity index (χ1n) is 6.88. The van der Waals surface area contributed by atoms with E-state index in [2.05, 4.69) is 11.2 Å². The summed E-state index contributed by atoms with van der Waals surface area (Å²) in [5.41, 5.74) is 1.11. The molecule has 21 heavy (non-hydrogen) atoms. The summed E-state index contributed by atoms with van der Waals surface area (Å²) < 4.78 is 5.55. The molecule has 0 bridgehead atoms. The Morgan fingerprint density at radius 1 is 1.43 bits per heavy atom. The van der Waals surface area contributed by atoms with E-state index in [4.69, 9.17) is 11.2 Å². The first-order chi connectivity index (χ1) is 10.3. The quantitative estimate of drug-likeness (QED) is 0.411. The molecule has 0 heterocycles. The third-order valence-corrected chi connectivity index (χ3v) is 2.86. The van der Waals surface area contributed by atoms with Gasteiger partial charge in [-0.25, -0.2) is 0 Å². The van der Waals surface area contributed by atoms with Crippen molar-refractivity contribution in [3.8, 4) is 12.3 Å². The molecular weight excluding hydrogens is 266 g/mol. The Balaban J connectivity index is 2.23. The number of amides is 1. The molecule has 0 saturated heterocycles.